The van der Waals surface area contributed by atoms with Gasteiger partial charge in [0.15, 0.2) is 5.69 Å². The van der Waals surface area contributed by atoms with Crippen LogP contribution in [0.4, 0.5) is 0 Å². The number of benzene rings is 1. The minimum absolute atomic E-state index is 0.115. The van der Waals surface area contributed by atoms with Gasteiger partial charge in [-0.2, -0.15) is 5.10 Å². The zero-order valence-electron chi connectivity index (χ0n) is 15.8. The molecular formula is C22H29N3O. The predicted octanol–water partition coefficient (Wildman–Crippen LogP) is 4.55. The van der Waals surface area contributed by atoms with Crippen molar-refractivity contribution in [3.63, 3.8) is 0 Å². The first-order chi connectivity index (χ1) is 12.8. The van der Waals surface area contributed by atoms with Gasteiger partial charge in [-0.05, 0) is 50.7 Å². The summed E-state index contributed by atoms with van der Waals surface area (Å²) in [7, 11) is 1.98. The molecule has 0 saturated heterocycles. The molecule has 1 aromatic heterocycles. The fraction of sp³-hybridized carbons (Fsp3) is 0.545. The third kappa shape index (κ3) is 3.29. The molecule has 0 bridgehead atoms. The molecule has 0 atom stereocenters. The summed E-state index contributed by atoms with van der Waals surface area (Å²) in [6.45, 7) is 0. The number of fused-ring (bicyclic) bond motifs is 1. The smallest absolute Gasteiger partial charge is 0.274 e. The van der Waals surface area contributed by atoms with Gasteiger partial charge in [0.1, 0.15) is 0 Å². The molecule has 2 aromatic rings. The van der Waals surface area contributed by atoms with Gasteiger partial charge in [0.2, 0.25) is 0 Å². The van der Waals surface area contributed by atoms with Crippen LogP contribution >= 0.6 is 0 Å². The van der Waals surface area contributed by atoms with Crippen LogP contribution in [0.5, 0.6) is 0 Å². The third-order valence-corrected chi connectivity index (χ3v) is 6.08. The maximum Gasteiger partial charge on any atom is 0.274 e. The first-order valence-corrected chi connectivity index (χ1v) is 10.2. The lowest BCUT2D eigenvalue weighted by atomic mass is 9.94. The van der Waals surface area contributed by atoms with Crippen LogP contribution in [-0.4, -0.2) is 33.7 Å². The van der Waals surface area contributed by atoms with E-state index in [1.165, 1.54) is 43.4 Å². The number of amides is 1. The molecule has 2 aliphatic carbocycles. The summed E-state index contributed by atoms with van der Waals surface area (Å²) in [6, 6.07) is 10.6. The van der Waals surface area contributed by atoms with Crippen molar-refractivity contribution in [2.45, 2.75) is 70.3 Å². The van der Waals surface area contributed by atoms with E-state index in [1.54, 1.807) is 0 Å². The molecule has 1 saturated carbocycles. The van der Waals surface area contributed by atoms with Crippen LogP contribution in [0.3, 0.4) is 0 Å². The topological polar surface area (TPSA) is 38.1 Å². The summed E-state index contributed by atoms with van der Waals surface area (Å²) in [6.07, 6.45) is 11.6. The molecule has 0 unspecified atom stereocenters. The second-order valence-corrected chi connectivity index (χ2v) is 7.79. The summed E-state index contributed by atoms with van der Waals surface area (Å²) in [4.78, 5) is 15.3. The van der Waals surface area contributed by atoms with Crippen molar-refractivity contribution < 1.29 is 4.79 Å². The van der Waals surface area contributed by atoms with E-state index in [0.29, 0.717) is 11.7 Å². The summed E-state index contributed by atoms with van der Waals surface area (Å²) >= 11 is 0. The van der Waals surface area contributed by atoms with Crippen LogP contribution in [0.25, 0.3) is 5.69 Å². The largest absolute Gasteiger partial charge is 0.337 e. The van der Waals surface area contributed by atoms with E-state index in [0.717, 1.165) is 37.8 Å². The Morgan fingerprint density at radius 3 is 2.46 bits per heavy atom. The molecule has 0 N–H and O–H groups in total. The number of para-hydroxylation sites is 1. The first kappa shape index (κ1) is 17.3. The molecule has 1 aromatic carbocycles. The van der Waals surface area contributed by atoms with Gasteiger partial charge in [-0.1, -0.05) is 43.9 Å². The lowest BCUT2D eigenvalue weighted by molar-refractivity contribution is 0.0688. The number of aromatic nitrogens is 2. The molecule has 2 aliphatic rings. The highest BCUT2D eigenvalue weighted by Gasteiger charge is 2.29. The van der Waals surface area contributed by atoms with Crippen LogP contribution in [0.2, 0.25) is 0 Å². The maximum absolute atomic E-state index is 13.3. The van der Waals surface area contributed by atoms with Crippen LogP contribution in [0.1, 0.15) is 73.1 Å². The van der Waals surface area contributed by atoms with E-state index >= 15 is 0 Å². The Morgan fingerprint density at radius 2 is 1.69 bits per heavy atom. The Bertz CT molecular complexity index is 759. The van der Waals surface area contributed by atoms with Crippen molar-refractivity contribution in [1.29, 1.82) is 0 Å². The maximum atomic E-state index is 13.3. The fourth-order valence-electron chi connectivity index (χ4n) is 4.53. The molecule has 1 amide bonds. The minimum atomic E-state index is 0.115. The number of carbonyl (C=O) groups excluding carboxylic acids is 1. The van der Waals surface area contributed by atoms with E-state index in [1.807, 2.05) is 34.8 Å². The Kier molecular flexibility index (Phi) is 5.09. The van der Waals surface area contributed by atoms with Crippen molar-refractivity contribution in [2.75, 3.05) is 7.05 Å². The normalized spacial score (nSPS) is 18.2. The first-order valence-electron chi connectivity index (χ1n) is 10.2. The van der Waals surface area contributed by atoms with Gasteiger partial charge in [-0.15, -0.1) is 0 Å². The Labute approximate surface area is 156 Å². The van der Waals surface area contributed by atoms with Crippen molar-refractivity contribution >= 4 is 5.91 Å². The molecule has 4 nitrogen and oxygen atoms in total. The molecule has 0 radical (unpaired) electrons. The SMILES string of the molecule is CN(C(=O)c1nn(-c2ccccc2)c2c1CCCCC2)C1CCCCC1. The van der Waals surface area contributed by atoms with Gasteiger partial charge in [0.05, 0.1) is 5.69 Å². The van der Waals surface area contributed by atoms with Gasteiger partial charge in [-0.25, -0.2) is 4.68 Å². The zero-order valence-corrected chi connectivity index (χ0v) is 15.8. The summed E-state index contributed by atoms with van der Waals surface area (Å²) in [5.74, 6) is 0.115. The zero-order chi connectivity index (χ0) is 17.9. The minimum Gasteiger partial charge on any atom is -0.337 e. The number of hydrogen-bond donors (Lipinski definition) is 0. The number of hydrogen-bond acceptors (Lipinski definition) is 2. The van der Waals surface area contributed by atoms with Crippen molar-refractivity contribution in [3.8, 4) is 5.69 Å². The Balaban J connectivity index is 1.71. The van der Waals surface area contributed by atoms with E-state index in [-0.39, 0.29) is 5.91 Å². The van der Waals surface area contributed by atoms with Gasteiger partial charge in [0, 0.05) is 24.3 Å². The molecule has 0 spiro atoms. The molecule has 0 aliphatic heterocycles. The highest BCUT2D eigenvalue weighted by Crippen LogP contribution is 2.29. The van der Waals surface area contributed by atoms with Crippen LogP contribution in [0, 0.1) is 0 Å². The summed E-state index contributed by atoms with van der Waals surface area (Å²) in [5, 5.41) is 4.85. The lowest BCUT2D eigenvalue weighted by Crippen LogP contribution is -2.38. The van der Waals surface area contributed by atoms with Gasteiger partial charge >= 0.3 is 0 Å². The monoisotopic (exact) mass is 351 g/mol. The van der Waals surface area contributed by atoms with Crippen LogP contribution in [-0.2, 0) is 12.8 Å². The quantitative estimate of drug-likeness (QED) is 0.761. The number of nitrogens with zero attached hydrogens (tertiary/aromatic N) is 3. The molecule has 26 heavy (non-hydrogen) atoms. The van der Waals surface area contributed by atoms with E-state index in [4.69, 9.17) is 5.10 Å². The van der Waals surface area contributed by atoms with Gasteiger partial charge in [0.25, 0.3) is 5.91 Å². The Hall–Kier alpha value is -2.10. The molecule has 1 heterocycles. The second kappa shape index (κ2) is 7.65. The molecule has 4 heteroatoms. The average molecular weight is 351 g/mol. The molecule has 1 fully saturated rings. The second-order valence-electron chi connectivity index (χ2n) is 7.79. The number of carbonyl (C=O) groups is 1. The van der Waals surface area contributed by atoms with Crippen LogP contribution in [0.15, 0.2) is 30.3 Å². The highest BCUT2D eigenvalue weighted by atomic mass is 16.2. The fourth-order valence-corrected chi connectivity index (χ4v) is 4.53. The van der Waals surface area contributed by atoms with E-state index in [2.05, 4.69) is 12.1 Å². The van der Waals surface area contributed by atoms with Gasteiger partial charge in [-0.3, -0.25) is 4.79 Å². The lowest BCUT2D eigenvalue weighted by Gasteiger charge is -2.31. The van der Waals surface area contributed by atoms with Crippen molar-refractivity contribution in [1.82, 2.24) is 14.7 Å². The number of rotatable bonds is 3. The van der Waals surface area contributed by atoms with Gasteiger partial charge < -0.3 is 4.90 Å². The van der Waals surface area contributed by atoms with E-state index < -0.39 is 0 Å². The summed E-state index contributed by atoms with van der Waals surface area (Å²) < 4.78 is 2.03. The highest BCUT2D eigenvalue weighted by molar-refractivity contribution is 5.94. The molecule has 138 valence electrons. The third-order valence-electron chi connectivity index (χ3n) is 6.08. The average Bonchev–Trinajstić information content (AvgIpc) is 2.89. The molecule has 4 rings (SSSR count). The van der Waals surface area contributed by atoms with Crippen molar-refractivity contribution in [2.24, 2.45) is 0 Å². The van der Waals surface area contributed by atoms with E-state index in [9.17, 15) is 4.79 Å². The predicted molar refractivity (Wildman–Crippen MR) is 104 cm³/mol. The molecular weight excluding hydrogens is 322 g/mol. The van der Waals surface area contributed by atoms with Crippen molar-refractivity contribution in [3.05, 3.63) is 47.3 Å². The summed E-state index contributed by atoms with van der Waals surface area (Å²) in [5.41, 5.74) is 4.19. The van der Waals surface area contributed by atoms with Crippen LogP contribution < -0.4 is 0 Å². The standard InChI is InChI=1S/C22H29N3O/c1-24(17-11-5-2-6-12-17)22(26)21-19-15-9-4-10-16-20(19)25(23-21)18-13-7-3-8-14-18/h3,7-8,13-14,17H,2,4-6,9-12,15-16H2,1H3. The Morgan fingerprint density at radius 1 is 1.00 bits per heavy atom.